The lowest BCUT2D eigenvalue weighted by atomic mass is 10.1. The van der Waals surface area contributed by atoms with Crippen LogP contribution in [0.2, 0.25) is 0 Å². The molecule has 0 amide bonds. The maximum atomic E-state index is 4.74. The van der Waals surface area contributed by atoms with Gasteiger partial charge in [-0.15, -0.1) is 11.3 Å². The van der Waals surface area contributed by atoms with E-state index >= 15 is 0 Å². The molecular formula is C16H16BrN3S. The van der Waals surface area contributed by atoms with Crippen molar-refractivity contribution in [3.05, 3.63) is 50.6 Å². The van der Waals surface area contributed by atoms with Gasteiger partial charge in [0.2, 0.25) is 0 Å². The molecule has 1 aromatic carbocycles. The second kappa shape index (κ2) is 5.73. The monoisotopic (exact) mass is 361 g/mol. The number of benzene rings is 1. The van der Waals surface area contributed by atoms with E-state index in [2.05, 4.69) is 52.2 Å². The standard InChI is InChI=1S/C16H16BrN3S/c1-9-10(2)21-16-14(9)15(18-3)19-13(20-16)8-11-5-4-6-12(17)7-11/h4-7H,8H2,1-3H3,(H,18,19,20). The van der Waals surface area contributed by atoms with Crippen molar-refractivity contribution in [1.82, 2.24) is 9.97 Å². The average molecular weight is 362 g/mol. The van der Waals surface area contributed by atoms with E-state index in [1.807, 2.05) is 19.2 Å². The summed E-state index contributed by atoms with van der Waals surface area (Å²) in [5.74, 6) is 1.78. The van der Waals surface area contributed by atoms with Gasteiger partial charge in [0.25, 0.3) is 0 Å². The maximum Gasteiger partial charge on any atom is 0.138 e. The van der Waals surface area contributed by atoms with Crippen molar-refractivity contribution in [3.8, 4) is 0 Å². The molecule has 0 aliphatic heterocycles. The third kappa shape index (κ3) is 2.80. The number of aromatic nitrogens is 2. The predicted molar refractivity (Wildman–Crippen MR) is 93.4 cm³/mol. The van der Waals surface area contributed by atoms with Gasteiger partial charge >= 0.3 is 0 Å². The molecule has 0 spiro atoms. The Morgan fingerprint density at radius 1 is 1.24 bits per heavy atom. The third-order valence-electron chi connectivity index (χ3n) is 3.56. The summed E-state index contributed by atoms with van der Waals surface area (Å²) in [7, 11) is 1.91. The summed E-state index contributed by atoms with van der Waals surface area (Å²) in [5, 5.41) is 4.36. The maximum absolute atomic E-state index is 4.74. The number of rotatable bonds is 3. The molecule has 3 nitrogen and oxygen atoms in total. The first-order valence-corrected chi connectivity index (χ1v) is 8.38. The van der Waals surface area contributed by atoms with Gasteiger partial charge in [-0.25, -0.2) is 9.97 Å². The largest absolute Gasteiger partial charge is 0.372 e. The fraction of sp³-hybridized carbons (Fsp3) is 0.250. The van der Waals surface area contributed by atoms with Crippen molar-refractivity contribution in [3.63, 3.8) is 0 Å². The number of anilines is 1. The van der Waals surface area contributed by atoms with Crippen molar-refractivity contribution < 1.29 is 0 Å². The fourth-order valence-corrected chi connectivity index (χ4v) is 3.88. The molecule has 0 unspecified atom stereocenters. The minimum atomic E-state index is 0.736. The summed E-state index contributed by atoms with van der Waals surface area (Å²) in [6.45, 7) is 4.27. The molecule has 0 bridgehead atoms. The number of hydrogen-bond acceptors (Lipinski definition) is 4. The highest BCUT2D eigenvalue weighted by molar-refractivity contribution is 9.10. The number of fused-ring (bicyclic) bond motifs is 1. The van der Waals surface area contributed by atoms with Crippen molar-refractivity contribution in [2.45, 2.75) is 20.3 Å². The van der Waals surface area contributed by atoms with Crippen LogP contribution >= 0.6 is 27.3 Å². The lowest BCUT2D eigenvalue weighted by Gasteiger charge is -2.07. The second-order valence-corrected chi connectivity index (χ2v) is 7.13. The molecule has 21 heavy (non-hydrogen) atoms. The zero-order valence-electron chi connectivity index (χ0n) is 12.2. The molecule has 3 rings (SSSR count). The van der Waals surface area contributed by atoms with Crippen LogP contribution in [0.25, 0.3) is 10.2 Å². The number of aryl methyl sites for hydroxylation is 2. The van der Waals surface area contributed by atoms with Crippen LogP contribution in [-0.4, -0.2) is 17.0 Å². The normalized spacial score (nSPS) is 11.0. The summed E-state index contributed by atoms with van der Waals surface area (Å²) in [4.78, 5) is 11.8. The minimum Gasteiger partial charge on any atom is -0.372 e. The Morgan fingerprint density at radius 2 is 2.05 bits per heavy atom. The average Bonchev–Trinajstić information content (AvgIpc) is 2.73. The van der Waals surface area contributed by atoms with Crippen LogP contribution in [0.15, 0.2) is 28.7 Å². The van der Waals surface area contributed by atoms with Gasteiger partial charge in [0.15, 0.2) is 0 Å². The van der Waals surface area contributed by atoms with Gasteiger partial charge in [0, 0.05) is 22.8 Å². The summed E-state index contributed by atoms with van der Waals surface area (Å²) in [5.41, 5.74) is 2.48. The smallest absolute Gasteiger partial charge is 0.138 e. The lowest BCUT2D eigenvalue weighted by Crippen LogP contribution is -2.01. The van der Waals surface area contributed by atoms with E-state index in [4.69, 9.17) is 4.98 Å². The van der Waals surface area contributed by atoms with Gasteiger partial charge in [-0.2, -0.15) is 0 Å². The quantitative estimate of drug-likeness (QED) is 0.734. The van der Waals surface area contributed by atoms with E-state index in [1.165, 1.54) is 16.0 Å². The molecule has 0 radical (unpaired) electrons. The first kappa shape index (κ1) is 14.5. The highest BCUT2D eigenvalue weighted by atomic mass is 79.9. The highest BCUT2D eigenvalue weighted by Crippen LogP contribution is 2.33. The fourth-order valence-electron chi connectivity index (χ4n) is 2.38. The number of thiophene rings is 1. The molecule has 3 aromatic rings. The van der Waals surface area contributed by atoms with E-state index in [1.54, 1.807) is 11.3 Å². The molecule has 2 heterocycles. The minimum absolute atomic E-state index is 0.736. The van der Waals surface area contributed by atoms with Crippen molar-refractivity contribution in [2.75, 3.05) is 12.4 Å². The van der Waals surface area contributed by atoms with Crippen LogP contribution in [-0.2, 0) is 6.42 Å². The van der Waals surface area contributed by atoms with Crippen LogP contribution in [0.4, 0.5) is 5.82 Å². The summed E-state index contributed by atoms with van der Waals surface area (Å²) in [6, 6.07) is 8.27. The molecule has 1 N–H and O–H groups in total. The van der Waals surface area contributed by atoms with Gasteiger partial charge in [-0.1, -0.05) is 28.1 Å². The highest BCUT2D eigenvalue weighted by Gasteiger charge is 2.14. The Labute approximate surface area is 136 Å². The number of halogens is 1. The number of nitrogens with one attached hydrogen (secondary N) is 1. The van der Waals surface area contributed by atoms with E-state index < -0.39 is 0 Å². The molecule has 108 valence electrons. The van der Waals surface area contributed by atoms with Crippen LogP contribution in [0.3, 0.4) is 0 Å². The van der Waals surface area contributed by atoms with Gasteiger partial charge in [-0.3, -0.25) is 0 Å². The number of nitrogens with zero attached hydrogens (tertiary/aromatic N) is 2. The summed E-state index contributed by atoms with van der Waals surface area (Å²) < 4.78 is 1.08. The molecule has 5 heteroatoms. The molecule has 0 aliphatic rings. The number of hydrogen-bond donors (Lipinski definition) is 1. The zero-order valence-corrected chi connectivity index (χ0v) is 14.6. The predicted octanol–water partition coefficient (Wildman–Crippen LogP) is 4.70. The van der Waals surface area contributed by atoms with Gasteiger partial charge in [0.1, 0.15) is 16.5 Å². The molecular weight excluding hydrogens is 346 g/mol. The van der Waals surface area contributed by atoms with E-state index in [-0.39, 0.29) is 0 Å². The van der Waals surface area contributed by atoms with Gasteiger partial charge in [-0.05, 0) is 37.1 Å². The summed E-state index contributed by atoms with van der Waals surface area (Å²) >= 11 is 5.24. The third-order valence-corrected chi connectivity index (χ3v) is 5.16. The SMILES string of the molecule is CNc1nc(Cc2cccc(Br)c2)nc2sc(C)c(C)c12. The lowest BCUT2D eigenvalue weighted by molar-refractivity contribution is 0.996. The van der Waals surface area contributed by atoms with Crippen LogP contribution in [0.5, 0.6) is 0 Å². The Bertz CT molecular complexity index is 811. The Morgan fingerprint density at radius 3 is 2.76 bits per heavy atom. The van der Waals surface area contributed by atoms with Crippen LogP contribution in [0, 0.1) is 13.8 Å². The first-order valence-electron chi connectivity index (χ1n) is 6.77. The van der Waals surface area contributed by atoms with E-state index in [9.17, 15) is 0 Å². The van der Waals surface area contributed by atoms with Crippen molar-refractivity contribution >= 4 is 43.3 Å². The summed E-state index contributed by atoms with van der Waals surface area (Å²) in [6.07, 6.45) is 0.736. The molecule has 0 fully saturated rings. The Balaban J connectivity index is 2.07. The van der Waals surface area contributed by atoms with Crippen molar-refractivity contribution in [2.24, 2.45) is 0 Å². The Hall–Kier alpha value is -1.46. The zero-order chi connectivity index (χ0) is 15.0. The van der Waals surface area contributed by atoms with Crippen LogP contribution < -0.4 is 5.32 Å². The van der Waals surface area contributed by atoms with Crippen LogP contribution in [0.1, 0.15) is 21.8 Å². The first-order chi connectivity index (χ1) is 10.1. The second-order valence-electron chi connectivity index (χ2n) is 5.01. The molecule has 0 aliphatic carbocycles. The topological polar surface area (TPSA) is 37.8 Å². The molecule has 0 atom stereocenters. The van der Waals surface area contributed by atoms with Gasteiger partial charge in [0.05, 0.1) is 5.39 Å². The molecule has 0 saturated heterocycles. The molecule has 2 aromatic heterocycles. The van der Waals surface area contributed by atoms with E-state index in [0.717, 1.165) is 32.8 Å². The Kier molecular flexibility index (Phi) is 3.95. The van der Waals surface area contributed by atoms with Gasteiger partial charge < -0.3 is 5.32 Å². The van der Waals surface area contributed by atoms with E-state index in [0.29, 0.717) is 0 Å². The van der Waals surface area contributed by atoms with Crippen molar-refractivity contribution in [1.29, 1.82) is 0 Å². The molecule has 0 saturated carbocycles.